The van der Waals surface area contributed by atoms with Crippen molar-refractivity contribution in [3.05, 3.63) is 34.6 Å². The van der Waals surface area contributed by atoms with Crippen molar-refractivity contribution in [2.45, 2.75) is 32.2 Å². The van der Waals surface area contributed by atoms with E-state index in [1.807, 2.05) is 6.07 Å². The summed E-state index contributed by atoms with van der Waals surface area (Å²) in [5, 5.41) is 3.59. The molecule has 1 aromatic rings. The predicted molar refractivity (Wildman–Crippen MR) is 73.7 cm³/mol. The molecule has 0 saturated carbocycles. The van der Waals surface area contributed by atoms with Gasteiger partial charge in [0.2, 0.25) is 0 Å². The van der Waals surface area contributed by atoms with Crippen LogP contribution in [0.15, 0.2) is 18.2 Å². The molecule has 0 radical (unpaired) electrons. The molecule has 0 aromatic heterocycles. The Morgan fingerprint density at radius 1 is 1.44 bits per heavy atom. The fraction of sp³-hybridized carbons (Fsp3) is 0.571. The summed E-state index contributed by atoms with van der Waals surface area (Å²) >= 11 is 5.67. The summed E-state index contributed by atoms with van der Waals surface area (Å²) in [6, 6.07) is 5.37. The molecular weight excluding hydrogens is 253 g/mol. The average molecular weight is 274 g/mol. The van der Waals surface area contributed by atoms with Crippen molar-refractivity contribution in [1.82, 2.24) is 5.32 Å². The molecule has 1 aromatic carbocycles. The van der Waals surface area contributed by atoms with Crippen molar-refractivity contribution in [2.24, 2.45) is 0 Å². The Labute approximate surface area is 113 Å². The highest BCUT2D eigenvalue weighted by atomic mass is 35.5. The summed E-state index contributed by atoms with van der Waals surface area (Å²) in [5.74, 6) is -0.346. The molecule has 18 heavy (non-hydrogen) atoms. The van der Waals surface area contributed by atoms with Crippen molar-refractivity contribution in [3.63, 3.8) is 0 Å². The highest BCUT2D eigenvalue weighted by Crippen LogP contribution is 2.17. The third-order valence-corrected chi connectivity index (χ3v) is 3.17. The van der Waals surface area contributed by atoms with E-state index in [0.717, 1.165) is 38.0 Å². The molecule has 0 bridgehead atoms. The first-order valence-electron chi connectivity index (χ1n) is 6.33. The molecule has 1 N–H and O–H groups in total. The summed E-state index contributed by atoms with van der Waals surface area (Å²) in [6.07, 6.45) is 2.84. The van der Waals surface area contributed by atoms with E-state index in [-0.39, 0.29) is 10.8 Å². The zero-order valence-electron chi connectivity index (χ0n) is 11.0. The lowest BCUT2D eigenvalue weighted by molar-refractivity contribution is 0.188. The van der Waals surface area contributed by atoms with E-state index in [9.17, 15) is 4.39 Å². The fourth-order valence-corrected chi connectivity index (χ4v) is 2.11. The number of halogens is 2. The van der Waals surface area contributed by atoms with Crippen LogP contribution in [-0.2, 0) is 11.2 Å². The monoisotopic (exact) mass is 273 g/mol. The molecule has 0 aliphatic heterocycles. The molecule has 1 unspecified atom stereocenters. The van der Waals surface area contributed by atoms with E-state index >= 15 is 0 Å². The Hall–Kier alpha value is -0.640. The van der Waals surface area contributed by atoms with E-state index in [0.29, 0.717) is 6.04 Å². The van der Waals surface area contributed by atoms with Crippen molar-refractivity contribution in [3.8, 4) is 0 Å². The van der Waals surface area contributed by atoms with E-state index in [2.05, 4.69) is 12.2 Å². The van der Waals surface area contributed by atoms with Gasteiger partial charge in [0, 0.05) is 19.8 Å². The molecule has 0 aliphatic rings. The molecule has 102 valence electrons. The summed E-state index contributed by atoms with van der Waals surface area (Å²) in [5.41, 5.74) is 0.972. The van der Waals surface area contributed by atoms with E-state index in [4.69, 9.17) is 16.3 Å². The molecule has 2 nitrogen and oxygen atoms in total. The Balaban J connectivity index is 2.55. The van der Waals surface area contributed by atoms with Crippen LogP contribution in [0.1, 0.15) is 25.3 Å². The molecule has 0 fully saturated rings. The van der Waals surface area contributed by atoms with Gasteiger partial charge in [-0.15, -0.1) is 0 Å². The van der Waals surface area contributed by atoms with Gasteiger partial charge in [-0.1, -0.05) is 24.6 Å². The van der Waals surface area contributed by atoms with Gasteiger partial charge in [-0.05, 0) is 43.5 Å². The van der Waals surface area contributed by atoms with Crippen molar-refractivity contribution in [1.29, 1.82) is 0 Å². The van der Waals surface area contributed by atoms with Gasteiger partial charge >= 0.3 is 0 Å². The number of likely N-dealkylation sites (N-methyl/N-ethyl adjacent to an activating group) is 1. The first kappa shape index (κ1) is 15.4. The van der Waals surface area contributed by atoms with E-state index in [1.165, 1.54) is 6.07 Å². The SMILES string of the molecule is CCNC(CCCOC)Cc1ccc(Cl)c(F)c1. The maximum atomic E-state index is 13.3. The van der Waals surface area contributed by atoms with Gasteiger partial charge < -0.3 is 10.1 Å². The van der Waals surface area contributed by atoms with Crippen LogP contribution in [0.25, 0.3) is 0 Å². The second-order valence-corrected chi connectivity index (χ2v) is 4.75. The summed E-state index contributed by atoms with van der Waals surface area (Å²) in [4.78, 5) is 0. The molecule has 1 atom stereocenters. The number of hydrogen-bond acceptors (Lipinski definition) is 2. The zero-order chi connectivity index (χ0) is 13.4. The van der Waals surface area contributed by atoms with Crippen molar-refractivity contribution >= 4 is 11.6 Å². The predicted octanol–water partition coefficient (Wildman–Crippen LogP) is 3.43. The quantitative estimate of drug-likeness (QED) is 0.733. The number of nitrogens with one attached hydrogen (secondary N) is 1. The van der Waals surface area contributed by atoms with Gasteiger partial charge in [0.25, 0.3) is 0 Å². The highest BCUT2D eigenvalue weighted by molar-refractivity contribution is 6.30. The average Bonchev–Trinajstić information content (AvgIpc) is 2.34. The second kappa shape index (κ2) is 8.46. The van der Waals surface area contributed by atoms with Crippen molar-refractivity contribution in [2.75, 3.05) is 20.3 Å². The maximum absolute atomic E-state index is 13.3. The van der Waals surface area contributed by atoms with Gasteiger partial charge in [-0.25, -0.2) is 4.39 Å². The van der Waals surface area contributed by atoms with Crippen LogP contribution in [0.4, 0.5) is 4.39 Å². The molecule has 1 rings (SSSR count). The van der Waals surface area contributed by atoms with E-state index < -0.39 is 0 Å². The lowest BCUT2D eigenvalue weighted by Gasteiger charge is -2.18. The lowest BCUT2D eigenvalue weighted by Crippen LogP contribution is -2.31. The van der Waals surface area contributed by atoms with Crippen LogP contribution in [0.2, 0.25) is 5.02 Å². The number of hydrogen-bond donors (Lipinski definition) is 1. The largest absolute Gasteiger partial charge is 0.385 e. The third kappa shape index (κ3) is 5.34. The normalized spacial score (nSPS) is 12.7. The summed E-state index contributed by atoms with van der Waals surface area (Å²) < 4.78 is 18.4. The first-order chi connectivity index (χ1) is 8.67. The Bertz CT molecular complexity index is 360. The standard InChI is InChI=1S/C14H21ClFNO/c1-3-17-12(5-4-8-18-2)9-11-6-7-13(15)14(16)10-11/h6-7,10,12,17H,3-5,8-9H2,1-2H3. The van der Waals surface area contributed by atoms with Gasteiger partial charge in [-0.2, -0.15) is 0 Å². The van der Waals surface area contributed by atoms with Crippen LogP contribution >= 0.6 is 11.6 Å². The fourth-order valence-electron chi connectivity index (χ4n) is 1.99. The minimum Gasteiger partial charge on any atom is -0.385 e. The maximum Gasteiger partial charge on any atom is 0.142 e. The van der Waals surface area contributed by atoms with Gasteiger partial charge in [0.05, 0.1) is 5.02 Å². The minimum absolute atomic E-state index is 0.179. The highest BCUT2D eigenvalue weighted by Gasteiger charge is 2.09. The smallest absolute Gasteiger partial charge is 0.142 e. The zero-order valence-corrected chi connectivity index (χ0v) is 11.8. The molecule has 0 heterocycles. The Morgan fingerprint density at radius 3 is 2.83 bits per heavy atom. The number of methoxy groups -OCH3 is 1. The Kier molecular flexibility index (Phi) is 7.25. The van der Waals surface area contributed by atoms with Gasteiger partial charge in [0.1, 0.15) is 5.82 Å². The summed E-state index contributed by atoms with van der Waals surface area (Å²) in [6.45, 7) is 3.75. The van der Waals surface area contributed by atoms with Crippen LogP contribution in [0.3, 0.4) is 0 Å². The van der Waals surface area contributed by atoms with Crippen LogP contribution in [0, 0.1) is 5.82 Å². The summed E-state index contributed by atoms with van der Waals surface area (Å²) in [7, 11) is 1.71. The Morgan fingerprint density at radius 2 is 2.22 bits per heavy atom. The minimum atomic E-state index is -0.346. The molecular formula is C14H21ClFNO. The molecule has 0 spiro atoms. The molecule has 0 amide bonds. The van der Waals surface area contributed by atoms with Gasteiger partial charge in [-0.3, -0.25) is 0 Å². The molecule has 0 saturated heterocycles. The number of ether oxygens (including phenoxy) is 1. The first-order valence-corrected chi connectivity index (χ1v) is 6.71. The van der Waals surface area contributed by atoms with Gasteiger partial charge in [0.15, 0.2) is 0 Å². The molecule has 4 heteroatoms. The molecule has 0 aliphatic carbocycles. The van der Waals surface area contributed by atoms with E-state index in [1.54, 1.807) is 13.2 Å². The van der Waals surface area contributed by atoms with Crippen molar-refractivity contribution < 1.29 is 9.13 Å². The number of benzene rings is 1. The van der Waals surface area contributed by atoms with Crippen LogP contribution in [-0.4, -0.2) is 26.3 Å². The second-order valence-electron chi connectivity index (χ2n) is 4.34. The van der Waals surface area contributed by atoms with Crippen LogP contribution < -0.4 is 5.32 Å². The number of rotatable bonds is 8. The topological polar surface area (TPSA) is 21.3 Å². The van der Waals surface area contributed by atoms with Crippen LogP contribution in [0.5, 0.6) is 0 Å². The lowest BCUT2D eigenvalue weighted by atomic mass is 10.0. The third-order valence-electron chi connectivity index (χ3n) is 2.86.